The van der Waals surface area contributed by atoms with E-state index in [1.165, 1.54) is 24.3 Å². The Hall–Kier alpha value is -2.78. The second kappa shape index (κ2) is 8.36. The molecule has 0 radical (unpaired) electrons. The summed E-state index contributed by atoms with van der Waals surface area (Å²) in [5, 5.41) is 37.1. The summed E-state index contributed by atoms with van der Waals surface area (Å²) in [6, 6.07) is 6.22. The zero-order valence-electron chi connectivity index (χ0n) is 13.7. The van der Waals surface area contributed by atoms with E-state index in [-0.39, 0.29) is 18.0 Å². The molecule has 2 unspecified atom stereocenters. The van der Waals surface area contributed by atoms with Crippen molar-refractivity contribution in [1.82, 2.24) is 15.1 Å². The predicted molar refractivity (Wildman–Crippen MR) is 88.7 cm³/mol. The van der Waals surface area contributed by atoms with Crippen LogP contribution < -0.4 is 5.32 Å². The van der Waals surface area contributed by atoms with Gasteiger partial charge in [0.15, 0.2) is 0 Å². The third-order valence-electron chi connectivity index (χ3n) is 3.71. The molecule has 0 aliphatic rings. The Morgan fingerprint density at radius 1 is 1.36 bits per heavy atom. The first-order valence-corrected chi connectivity index (χ1v) is 7.73. The normalized spacial score (nSPS) is 13.2. The first-order valence-electron chi connectivity index (χ1n) is 7.73. The van der Waals surface area contributed by atoms with Gasteiger partial charge in [-0.25, -0.2) is 0 Å². The standard InChI is InChI=1S/C16H20N4O5/c1-11-6-8-19(18-11)9-7-15(22)17-14(10-21)16(23)12-2-4-13(5-3-12)20(24)25/h2-6,8,14,16,21,23H,7,9-10H2,1H3,(H,17,22). The average Bonchev–Trinajstić information content (AvgIpc) is 3.02. The number of hydrogen-bond donors (Lipinski definition) is 3. The molecule has 1 aromatic heterocycles. The van der Waals surface area contributed by atoms with Gasteiger partial charge < -0.3 is 15.5 Å². The summed E-state index contributed by atoms with van der Waals surface area (Å²) in [7, 11) is 0. The number of aliphatic hydroxyl groups excluding tert-OH is 2. The highest BCUT2D eigenvalue weighted by molar-refractivity contribution is 5.76. The molecule has 0 aliphatic carbocycles. The zero-order chi connectivity index (χ0) is 18.4. The van der Waals surface area contributed by atoms with Crippen molar-refractivity contribution in [3.8, 4) is 0 Å². The van der Waals surface area contributed by atoms with Crippen molar-refractivity contribution >= 4 is 11.6 Å². The number of nitro benzene ring substituents is 1. The summed E-state index contributed by atoms with van der Waals surface area (Å²) in [4.78, 5) is 22.1. The Labute approximate surface area is 144 Å². The Balaban J connectivity index is 1.93. The SMILES string of the molecule is Cc1ccn(CCC(=O)NC(CO)C(O)c2ccc([N+](=O)[O-])cc2)n1. The van der Waals surface area contributed by atoms with Gasteiger partial charge in [-0.3, -0.25) is 19.6 Å². The number of nitrogens with one attached hydrogen (secondary N) is 1. The molecule has 2 rings (SSSR count). The maximum absolute atomic E-state index is 12.0. The lowest BCUT2D eigenvalue weighted by Gasteiger charge is -2.22. The van der Waals surface area contributed by atoms with Crippen LogP contribution in [0.2, 0.25) is 0 Å². The van der Waals surface area contributed by atoms with Crippen LogP contribution in [0, 0.1) is 17.0 Å². The number of aliphatic hydroxyl groups is 2. The first kappa shape index (κ1) is 18.6. The van der Waals surface area contributed by atoms with Crippen molar-refractivity contribution in [3.63, 3.8) is 0 Å². The number of amides is 1. The molecule has 0 saturated carbocycles. The van der Waals surface area contributed by atoms with Gasteiger partial charge in [0.05, 0.1) is 23.3 Å². The number of hydrogen-bond acceptors (Lipinski definition) is 6. The molecule has 1 aromatic carbocycles. The summed E-state index contributed by atoms with van der Waals surface area (Å²) < 4.78 is 1.63. The van der Waals surface area contributed by atoms with Crippen LogP contribution in [-0.2, 0) is 11.3 Å². The number of non-ortho nitro benzene ring substituents is 1. The molecule has 0 saturated heterocycles. The van der Waals surface area contributed by atoms with Gasteiger partial charge in [0, 0.05) is 31.3 Å². The number of nitro groups is 1. The Morgan fingerprint density at radius 3 is 2.56 bits per heavy atom. The molecule has 25 heavy (non-hydrogen) atoms. The monoisotopic (exact) mass is 348 g/mol. The predicted octanol–water partition coefficient (Wildman–Crippen LogP) is 0.701. The first-order chi connectivity index (χ1) is 11.9. The zero-order valence-corrected chi connectivity index (χ0v) is 13.7. The minimum Gasteiger partial charge on any atom is -0.394 e. The molecular weight excluding hydrogens is 328 g/mol. The molecule has 9 heteroatoms. The number of benzene rings is 1. The van der Waals surface area contributed by atoms with Crippen LogP contribution >= 0.6 is 0 Å². The fraction of sp³-hybridized carbons (Fsp3) is 0.375. The van der Waals surface area contributed by atoms with Crippen molar-refractivity contribution in [2.45, 2.75) is 32.0 Å². The second-order valence-corrected chi connectivity index (χ2v) is 5.62. The summed E-state index contributed by atoms with van der Waals surface area (Å²) in [6.45, 7) is 1.76. The molecule has 0 aliphatic heterocycles. The fourth-order valence-electron chi connectivity index (χ4n) is 2.33. The van der Waals surface area contributed by atoms with Gasteiger partial charge in [0.1, 0.15) is 6.10 Å². The number of carbonyl (C=O) groups is 1. The molecule has 3 N–H and O–H groups in total. The van der Waals surface area contributed by atoms with E-state index in [9.17, 15) is 25.1 Å². The number of aryl methyl sites for hydroxylation is 2. The van der Waals surface area contributed by atoms with E-state index >= 15 is 0 Å². The number of carbonyl (C=O) groups excluding carboxylic acids is 1. The minimum atomic E-state index is -1.18. The van der Waals surface area contributed by atoms with Gasteiger partial charge in [-0.1, -0.05) is 0 Å². The fourth-order valence-corrected chi connectivity index (χ4v) is 2.33. The largest absolute Gasteiger partial charge is 0.394 e. The van der Waals surface area contributed by atoms with Gasteiger partial charge in [0.2, 0.25) is 5.91 Å². The maximum atomic E-state index is 12.0. The van der Waals surface area contributed by atoms with Crippen LogP contribution in [0.3, 0.4) is 0 Å². The van der Waals surface area contributed by atoms with E-state index in [2.05, 4.69) is 10.4 Å². The van der Waals surface area contributed by atoms with Gasteiger partial charge in [-0.2, -0.15) is 5.10 Å². The van der Waals surface area contributed by atoms with Crippen LogP contribution in [0.15, 0.2) is 36.5 Å². The third kappa shape index (κ3) is 5.10. The van der Waals surface area contributed by atoms with Gasteiger partial charge >= 0.3 is 0 Å². The minimum absolute atomic E-state index is 0.102. The van der Waals surface area contributed by atoms with E-state index in [0.717, 1.165) is 5.69 Å². The summed E-state index contributed by atoms with van der Waals surface area (Å²) >= 11 is 0. The van der Waals surface area contributed by atoms with E-state index in [0.29, 0.717) is 12.1 Å². The number of nitrogens with zero attached hydrogens (tertiary/aromatic N) is 3. The van der Waals surface area contributed by atoms with Crippen LogP contribution in [0.4, 0.5) is 5.69 Å². The summed E-state index contributed by atoms with van der Waals surface area (Å²) in [6.07, 6.45) is 0.726. The highest BCUT2D eigenvalue weighted by Gasteiger charge is 2.22. The van der Waals surface area contributed by atoms with Crippen molar-refractivity contribution in [3.05, 3.63) is 57.9 Å². The van der Waals surface area contributed by atoms with E-state index in [1.54, 1.807) is 10.9 Å². The lowest BCUT2D eigenvalue weighted by atomic mass is 10.0. The smallest absolute Gasteiger partial charge is 0.269 e. The maximum Gasteiger partial charge on any atom is 0.269 e. The Kier molecular flexibility index (Phi) is 6.20. The van der Waals surface area contributed by atoms with Gasteiger partial charge in [0.25, 0.3) is 5.69 Å². The summed E-state index contributed by atoms with van der Waals surface area (Å²) in [5.41, 5.74) is 1.12. The van der Waals surface area contributed by atoms with E-state index < -0.39 is 23.7 Å². The van der Waals surface area contributed by atoms with Crippen molar-refractivity contribution in [2.24, 2.45) is 0 Å². The van der Waals surface area contributed by atoms with E-state index in [4.69, 9.17) is 0 Å². The summed E-state index contributed by atoms with van der Waals surface area (Å²) in [5.74, 6) is -0.340. The lowest BCUT2D eigenvalue weighted by molar-refractivity contribution is -0.384. The third-order valence-corrected chi connectivity index (χ3v) is 3.71. The molecule has 2 atom stereocenters. The van der Waals surface area contributed by atoms with Crippen LogP contribution in [0.5, 0.6) is 0 Å². The lowest BCUT2D eigenvalue weighted by Crippen LogP contribution is -2.42. The highest BCUT2D eigenvalue weighted by Crippen LogP contribution is 2.20. The van der Waals surface area contributed by atoms with Gasteiger partial charge in [-0.15, -0.1) is 0 Å². The Bertz CT molecular complexity index is 728. The average molecular weight is 348 g/mol. The van der Waals surface area contributed by atoms with Crippen molar-refractivity contribution in [1.29, 1.82) is 0 Å². The molecule has 0 fully saturated rings. The highest BCUT2D eigenvalue weighted by atomic mass is 16.6. The topological polar surface area (TPSA) is 131 Å². The van der Waals surface area contributed by atoms with Crippen LogP contribution in [0.1, 0.15) is 23.8 Å². The quantitative estimate of drug-likeness (QED) is 0.475. The molecule has 1 heterocycles. The molecule has 0 spiro atoms. The number of aromatic nitrogens is 2. The van der Waals surface area contributed by atoms with Crippen LogP contribution in [-0.4, -0.2) is 43.5 Å². The van der Waals surface area contributed by atoms with E-state index in [1.807, 2.05) is 13.0 Å². The van der Waals surface area contributed by atoms with Crippen LogP contribution in [0.25, 0.3) is 0 Å². The van der Waals surface area contributed by atoms with Crippen molar-refractivity contribution < 1.29 is 19.9 Å². The molecule has 2 aromatic rings. The molecule has 1 amide bonds. The Morgan fingerprint density at radius 2 is 2.04 bits per heavy atom. The molecular formula is C16H20N4O5. The second-order valence-electron chi connectivity index (χ2n) is 5.62. The van der Waals surface area contributed by atoms with Crippen molar-refractivity contribution in [2.75, 3.05) is 6.61 Å². The molecule has 134 valence electrons. The number of rotatable bonds is 8. The molecule has 0 bridgehead atoms. The molecule has 9 nitrogen and oxygen atoms in total. The van der Waals surface area contributed by atoms with Gasteiger partial charge in [-0.05, 0) is 30.7 Å².